The number of hydrogen-bond donors (Lipinski definition) is 1. The molecule has 0 bridgehead atoms. The highest BCUT2D eigenvalue weighted by molar-refractivity contribution is 5.56. The molecule has 1 atom stereocenters. The van der Waals surface area contributed by atoms with Gasteiger partial charge in [0.1, 0.15) is 5.82 Å². The van der Waals surface area contributed by atoms with Crippen molar-refractivity contribution in [2.24, 2.45) is 5.41 Å². The first-order valence-electron chi connectivity index (χ1n) is 6.31. The van der Waals surface area contributed by atoms with Crippen LogP contribution in [0, 0.1) is 18.2 Å². The summed E-state index contributed by atoms with van der Waals surface area (Å²) in [6, 6.07) is 3.25. The van der Waals surface area contributed by atoms with E-state index in [9.17, 15) is 9.50 Å². The predicted molar refractivity (Wildman–Crippen MR) is 74.5 cm³/mol. The van der Waals surface area contributed by atoms with E-state index in [-0.39, 0.29) is 11.2 Å². The molecule has 102 valence electrons. The second-order valence-corrected chi connectivity index (χ2v) is 6.25. The third-order valence-electron chi connectivity index (χ3n) is 2.88. The first kappa shape index (κ1) is 15.0. The van der Waals surface area contributed by atoms with Crippen LogP contribution in [-0.4, -0.2) is 18.7 Å². The van der Waals surface area contributed by atoms with Crippen molar-refractivity contribution in [1.82, 2.24) is 0 Å². The summed E-state index contributed by atoms with van der Waals surface area (Å²) in [7, 11) is 1.98. The van der Waals surface area contributed by atoms with Crippen molar-refractivity contribution >= 4 is 5.69 Å². The average molecular weight is 253 g/mol. The molecule has 0 aromatic heterocycles. The molecule has 3 heteroatoms. The summed E-state index contributed by atoms with van der Waals surface area (Å²) in [5.74, 6) is -0.265. The van der Waals surface area contributed by atoms with Crippen molar-refractivity contribution in [2.45, 2.75) is 40.7 Å². The minimum absolute atomic E-state index is 0.146. The molecule has 0 aliphatic carbocycles. The Morgan fingerprint density at radius 3 is 2.33 bits per heavy atom. The fourth-order valence-electron chi connectivity index (χ4n) is 2.14. The molecule has 0 saturated carbocycles. The molecule has 0 amide bonds. The molecule has 1 aromatic carbocycles. The molecule has 1 N–H and O–H groups in total. The van der Waals surface area contributed by atoms with Crippen molar-refractivity contribution in [1.29, 1.82) is 0 Å². The van der Waals surface area contributed by atoms with Crippen LogP contribution in [0.1, 0.15) is 44.9 Å². The Kier molecular flexibility index (Phi) is 4.38. The zero-order valence-electron chi connectivity index (χ0n) is 12.2. The van der Waals surface area contributed by atoms with E-state index in [1.807, 2.05) is 13.1 Å². The standard InChI is InChI=1S/C15H24FNO/c1-10-7-14(17(6)9-15(3,4)5)12(11(2)18)8-13(10)16/h7-8,11,18H,9H2,1-6H3/t11-/m1/s1. The van der Waals surface area contributed by atoms with Crippen molar-refractivity contribution < 1.29 is 9.50 Å². The van der Waals surface area contributed by atoms with Crippen molar-refractivity contribution in [3.05, 3.63) is 29.1 Å². The average Bonchev–Trinajstić information content (AvgIpc) is 2.18. The van der Waals surface area contributed by atoms with Gasteiger partial charge in [-0.2, -0.15) is 0 Å². The maximum absolute atomic E-state index is 13.6. The summed E-state index contributed by atoms with van der Waals surface area (Å²) < 4.78 is 13.6. The minimum Gasteiger partial charge on any atom is -0.389 e. The largest absolute Gasteiger partial charge is 0.389 e. The maximum Gasteiger partial charge on any atom is 0.126 e. The second-order valence-electron chi connectivity index (χ2n) is 6.25. The quantitative estimate of drug-likeness (QED) is 0.888. The van der Waals surface area contributed by atoms with Crippen molar-refractivity contribution in [3.8, 4) is 0 Å². The summed E-state index contributed by atoms with van der Waals surface area (Å²) in [4.78, 5) is 2.08. The number of hydrogen-bond acceptors (Lipinski definition) is 2. The molecule has 0 spiro atoms. The fourth-order valence-corrected chi connectivity index (χ4v) is 2.14. The number of rotatable bonds is 3. The molecule has 0 fully saturated rings. The van der Waals surface area contributed by atoms with Gasteiger partial charge in [0.2, 0.25) is 0 Å². The van der Waals surface area contributed by atoms with E-state index in [1.54, 1.807) is 13.8 Å². The fraction of sp³-hybridized carbons (Fsp3) is 0.600. The van der Waals surface area contributed by atoms with Gasteiger partial charge < -0.3 is 10.0 Å². The molecule has 0 heterocycles. The van der Waals surface area contributed by atoms with E-state index in [0.717, 1.165) is 12.2 Å². The first-order chi connectivity index (χ1) is 8.11. The number of aliphatic hydroxyl groups excluding tert-OH is 1. The van der Waals surface area contributed by atoms with Crippen molar-refractivity contribution in [2.75, 3.05) is 18.5 Å². The third-order valence-corrected chi connectivity index (χ3v) is 2.88. The van der Waals surface area contributed by atoms with E-state index in [1.165, 1.54) is 6.07 Å². The molecule has 2 nitrogen and oxygen atoms in total. The van der Waals surface area contributed by atoms with Crippen LogP contribution in [0.3, 0.4) is 0 Å². The van der Waals surface area contributed by atoms with Crippen LogP contribution in [0.4, 0.5) is 10.1 Å². The monoisotopic (exact) mass is 253 g/mol. The number of halogens is 1. The SMILES string of the molecule is Cc1cc(N(C)CC(C)(C)C)c([C@@H](C)O)cc1F. The lowest BCUT2D eigenvalue weighted by atomic mass is 9.95. The van der Waals surface area contributed by atoms with Crippen molar-refractivity contribution in [3.63, 3.8) is 0 Å². The van der Waals surface area contributed by atoms with E-state index < -0.39 is 6.10 Å². The van der Waals surface area contributed by atoms with Gasteiger partial charge in [-0.3, -0.25) is 0 Å². The zero-order chi connectivity index (χ0) is 14.1. The Bertz CT molecular complexity index is 421. The Balaban J connectivity index is 3.17. The molecular weight excluding hydrogens is 229 g/mol. The second kappa shape index (κ2) is 5.27. The Morgan fingerprint density at radius 1 is 1.33 bits per heavy atom. The lowest BCUT2D eigenvalue weighted by Gasteiger charge is -2.30. The first-order valence-corrected chi connectivity index (χ1v) is 6.31. The zero-order valence-corrected chi connectivity index (χ0v) is 12.2. The van der Waals surface area contributed by atoms with Crippen LogP contribution in [0.25, 0.3) is 0 Å². The van der Waals surface area contributed by atoms with Gasteiger partial charge in [0.25, 0.3) is 0 Å². The maximum atomic E-state index is 13.6. The van der Waals surface area contributed by atoms with Crippen LogP contribution < -0.4 is 4.90 Å². The predicted octanol–water partition coefficient (Wildman–Crippen LogP) is 3.67. The molecule has 1 aromatic rings. The Hall–Kier alpha value is -1.09. The van der Waals surface area contributed by atoms with Gasteiger partial charge in [-0.05, 0) is 37.0 Å². The third kappa shape index (κ3) is 3.70. The summed E-state index contributed by atoms with van der Waals surface area (Å²) in [6.45, 7) is 10.7. The van der Waals surface area contributed by atoms with Gasteiger partial charge in [-0.25, -0.2) is 4.39 Å². The Morgan fingerprint density at radius 2 is 1.89 bits per heavy atom. The summed E-state index contributed by atoms with van der Waals surface area (Å²) in [6.07, 6.45) is -0.669. The highest BCUT2D eigenvalue weighted by atomic mass is 19.1. The minimum atomic E-state index is -0.669. The number of aliphatic hydroxyl groups is 1. The molecule has 0 saturated heterocycles. The van der Waals surface area contributed by atoms with E-state index in [2.05, 4.69) is 25.7 Å². The molecule has 0 aliphatic heterocycles. The molecular formula is C15H24FNO. The van der Waals surface area contributed by atoms with Gasteiger partial charge in [0.05, 0.1) is 6.10 Å². The number of benzene rings is 1. The lowest BCUT2D eigenvalue weighted by Crippen LogP contribution is -2.30. The molecule has 0 radical (unpaired) electrons. The molecule has 0 aliphatic rings. The van der Waals surface area contributed by atoms with E-state index >= 15 is 0 Å². The molecule has 0 unspecified atom stereocenters. The number of anilines is 1. The van der Waals surface area contributed by atoms with E-state index in [4.69, 9.17) is 0 Å². The van der Waals surface area contributed by atoms with Gasteiger partial charge in [0.15, 0.2) is 0 Å². The topological polar surface area (TPSA) is 23.5 Å². The van der Waals surface area contributed by atoms with Crippen LogP contribution in [0.5, 0.6) is 0 Å². The van der Waals surface area contributed by atoms with Crippen LogP contribution in [0.15, 0.2) is 12.1 Å². The lowest BCUT2D eigenvalue weighted by molar-refractivity contribution is 0.199. The van der Waals surface area contributed by atoms with Gasteiger partial charge in [-0.15, -0.1) is 0 Å². The number of aryl methyl sites for hydroxylation is 1. The Labute approximate surface area is 109 Å². The van der Waals surface area contributed by atoms with Gasteiger partial charge in [0, 0.05) is 24.8 Å². The van der Waals surface area contributed by atoms with Crippen LogP contribution in [0.2, 0.25) is 0 Å². The van der Waals surface area contributed by atoms with Crippen LogP contribution in [-0.2, 0) is 0 Å². The van der Waals surface area contributed by atoms with Crippen LogP contribution >= 0.6 is 0 Å². The summed E-state index contributed by atoms with van der Waals surface area (Å²) >= 11 is 0. The van der Waals surface area contributed by atoms with Gasteiger partial charge >= 0.3 is 0 Å². The van der Waals surface area contributed by atoms with Gasteiger partial charge in [-0.1, -0.05) is 20.8 Å². The molecule has 18 heavy (non-hydrogen) atoms. The summed E-state index contributed by atoms with van der Waals surface area (Å²) in [5, 5.41) is 9.77. The highest BCUT2D eigenvalue weighted by Gasteiger charge is 2.19. The summed E-state index contributed by atoms with van der Waals surface area (Å²) in [5.41, 5.74) is 2.30. The smallest absolute Gasteiger partial charge is 0.126 e. The highest BCUT2D eigenvalue weighted by Crippen LogP contribution is 2.30. The number of nitrogens with zero attached hydrogens (tertiary/aromatic N) is 1. The molecule has 1 rings (SSSR count). The van der Waals surface area contributed by atoms with E-state index in [0.29, 0.717) is 11.1 Å². The normalized spacial score (nSPS) is 13.6.